The lowest BCUT2D eigenvalue weighted by Gasteiger charge is -2.37. The maximum Gasteiger partial charge on any atom is 0.324 e. The van der Waals surface area contributed by atoms with Crippen LogP contribution >= 0.6 is 23.2 Å². The van der Waals surface area contributed by atoms with Crippen molar-refractivity contribution in [2.24, 2.45) is 5.92 Å². The summed E-state index contributed by atoms with van der Waals surface area (Å²) in [4.78, 5) is 19.2. The third-order valence-corrected chi connectivity index (χ3v) is 6.08. The average Bonchev–Trinajstić information content (AvgIpc) is 2.68. The number of likely N-dealkylation sites (tertiary alicyclic amines) is 1. The van der Waals surface area contributed by atoms with Gasteiger partial charge in [-0.3, -0.25) is 4.79 Å². The second kappa shape index (κ2) is 9.97. The molecular formula is C20H28Cl2N2O3. The molecule has 0 radical (unpaired) electrons. The third-order valence-electron chi connectivity index (χ3n) is 5.34. The van der Waals surface area contributed by atoms with Gasteiger partial charge in [0.15, 0.2) is 0 Å². The largest absolute Gasteiger partial charge is 0.490 e. The van der Waals surface area contributed by atoms with Crippen LogP contribution in [0.25, 0.3) is 0 Å². The van der Waals surface area contributed by atoms with Gasteiger partial charge in [0.05, 0.1) is 10.0 Å². The molecule has 150 valence electrons. The first kappa shape index (κ1) is 20.7. The summed E-state index contributed by atoms with van der Waals surface area (Å²) in [5.41, 5.74) is 0. The van der Waals surface area contributed by atoms with E-state index < -0.39 is 0 Å². The van der Waals surface area contributed by atoms with E-state index in [1.54, 1.807) is 12.1 Å². The van der Waals surface area contributed by atoms with E-state index in [0.29, 0.717) is 22.4 Å². The van der Waals surface area contributed by atoms with E-state index in [0.717, 1.165) is 64.2 Å². The molecular weight excluding hydrogens is 387 g/mol. The molecule has 1 aromatic carbocycles. The van der Waals surface area contributed by atoms with Gasteiger partial charge < -0.3 is 14.5 Å². The van der Waals surface area contributed by atoms with E-state index in [1.165, 1.54) is 0 Å². The number of hydrogen-bond acceptors (Lipinski definition) is 5. The summed E-state index contributed by atoms with van der Waals surface area (Å²) in [6.45, 7) is 6.73. The second-order valence-corrected chi connectivity index (χ2v) is 8.20. The maximum atomic E-state index is 11.4. The number of rotatable bonds is 6. The lowest BCUT2D eigenvalue weighted by molar-refractivity contribution is -0.196. The molecule has 0 aliphatic carbocycles. The normalized spacial score (nSPS) is 20.6. The summed E-state index contributed by atoms with van der Waals surface area (Å²) in [6, 6.07) is 5.44. The van der Waals surface area contributed by atoms with Gasteiger partial charge in [0.25, 0.3) is 0 Å². The first-order valence-corrected chi connectivity index (χ1v) is 10.6. The van der Waals surface area contributed by atoms with E-state index in [1.807, 2.05) is 18.1 Å². The Kier molecular flexibility index (Phi) is 7.65. The van der Waals surface area contributed by atoms with Gasteiger partial charge in [-0.05, 0) is 43.7 Å². The number of hydrogen-bond donors (Lipinski definition) is 0. The van der Waals surface area contributed by atoms with Crippen molar-refractivity contribution in [3.8, 4) is 5.75 Å². The Balaban J connectivity index is 1.36. The minimum atomic E-state index is -0.141. The van der Waals surface area contributed by atoms with Crippen LogP contribution in [0.15, 0.2) is 18.2 Å². The molecule has 2 fully saturated rings. The van der Waals surface area contributed by atoms with Crippen LogP contribution in [-0.2, 0) is 9.63 Å². The van der Waals surface area contributed by atoms with Crippen molar-refractivity contribution >= 4 is 29.2 Å². The van der Waals surface area contributed by atoms with Crippen molar-refractivity contribution < 1.29 is 14.4 Å². The maximum absolute atomic E-state index is 11.4. The summed E-state index contributed by atoms with van der Waals surface area (Å²) in [7, 11) is 0. The number of hydroxylamine groups is 2. The van der Waals surface area contributed by atoms with E-state index >= 15 is 0 Å². The van der Waals surface area contributed by atoms with Crippen LogP contribution in [-0.4, -0.2) is 54.8 Å². The molecule has 3 rings (SSSR count). The molecule has 0 spiro atoms. The van der Waals surface area contributed by atoms with Crippen LogP contribution < -0.4 is 4.74 Å². The van der Waals surface area contributed by atoms with Crippen molar-refractivity contribution in [3.05, 3.63) is 28.2 Å². The smallest absolute Gasteiger partial charge is 0.324 e. The van der Waals surface area contributed by atoms with E-state index in [2.05, 4.69) is 4.90 Å². The van der Waals surface area contributed by atoms with Crippen molar-refractivity contribution in [3.63, 3.8) is 0 Å². The van der Waals surface area contributed by atoms with Crippen LogP contribution in [0, 0.1) is 5.92 Å². The number of carbonyl (C=O) groups is 1. The van der Waals surface area contributed by atoms with Crippen LogP contribution in [0.3, 0.4) is 0 Å². The summed E-state index contributed by atoms with van der Waals surface area (Å²) in [5, 5.41) is 2.90. The molecule has 1 aromatic rings. The van der Waals surface area contributed by atoms with Crippen molar-refractivity contribution in [1.82, 2.24) is 9.96 Å². The topological polar surface area (TPSA) is 42.0 Å². The lowest BCUT2D eigenvalue weighted by atomic mass is 9.96. The lowest BCUT2D eigenvalue weighted by Crippen LogP contribution is -2.43. The fourth-order valence-electron chi connectivity index (χ4n) is 3.71. The number of nitrogens with zero attached hydrogens (tertiary/aromatic N) is 2. The highest BCUT2D eigenvalue weighted by atomic mass is 35.5. The fourth-order valence-corrected chi connectivity index (χ4v) is 4.00. The number of halogens is 2. The molecule has 0 N–H and O–H groups in total. The van der Waals surface area contributed by atoms with Gasteiger partial charge in [0, 0.05) is 45.2 Å². The molecule has 2 aliphatic heterocycles. The van der Waals surface area contributed by atoms with Crippen molar-refractivity contribution in [2.45, 2.75) is 45.1 Å². The predicted molar refractivity (Wildman–Crippen MR) is 107 cm³/mol. The summed E-state index contributed by atoms with van der Waals surface area (Å²) < 4.78 is 6.07. The minimum Gasteiger partial charge on any atom is -0.490 e. The molecule has 2 aliphatic rings. The molecule has 2 saturated heterocycles. The summed E-state index contributed by atoms with van der Waals surface area (Å²) >= 11 is 12.0. The van der Waals surface area contributed by atoms with Gasteiger partial charge in [0.2, 0.25) is 0 Å². The highest BCUT2D eigenvalue weighted by molar-refractivity contribution is 6.42. The Bertz CT molecular complexity index is 628. The average molecular weight is 415 g/mol. The molecule has 0 bridgehead atoms. The highest BCUT2D eigenvalue weighted by Gasteiger charge is 2.26. The number of piperidine rings is 2. The number of benzene rings is 1. The first-order valence-electron chi connectivity index (χ1n) is 9.83. The Labute approximate surface area is 171 Å². The van der Waals surface area contributed by atoms with Gasteiger partial charge in [-0.15, -0.1) is 5.06 Å². The minimum absolute atomic E-state index is 0.141. The third kappa shape index (κ3) is 6.24. The Morgan fingerprint density at radius 1 is 1.07 bits per heavy atom. The zero-order chi connectivity index (χ0) is 19.2. The highest BCUT2D eigenvalue weighted by Crippen LogP contribution is 2.28. The van der Waals surface area contributed by atoms with E-state index in [4.69, 9.17) is 32.8 Å². The van der Waals surface area contributed by atoms with Crippen LogP contribution in [0.2, 0.25) is 10.0 Å². The molecule has 0 unspecified atom stereocenters. The van der Waals surface area contributed by atoms with Gasteiger partial charge in [-0.1, -0.05) is 30.1 Å². The van der Waals surface area contributed by atoms with Gasteiger partial charge in [-0.25, -0.2) is 0 Å². The number of carbonyl (C=O) groups excluding carboxylic acids is 1. The molecule has 0 amide bonds. The summed E-state index contributed by atoms with van der Waals surface area (Å²) in [6.07, 6.45) is 4.86. The van der Waals surface area contributed by atoms with Gasteiger partial charge in [-0.2, -0.15) is 0 Å². The molecule has 0 aromatic heterocycles. The van der Waals surface area contributed by atoms with Crippen molar-refractivity contribution in [2.75, 3.05) is 32.7 Å². The van der Waals surface area contributed by atoms with E-state index in [9.17, 15) is 4.79 Å². The van der Waals surface area contributed by atoms with Gasteiger partial charge >= 0.3 is 5.97 Å². The van der Waals surface area contributed by atoms with Crippen LogP contribution in [0.1, 0.15) is 39.0 Å². The predicted octanol–water partition coefficient (Wildman–Crippen LogP) is 4.42. The monoisotopic (exact) mass is 414 g/mol. The van der Waals surface area contributed by atoms with E-state index in [-0.39, 0.29) is 12.1 Å². The van der Waals surface area contributed by atoms with Crippen LogP contribution in [0.4, 0.5) is 0 Å². The van der Waals surface area contributed by atoms with Gasteiger partial charge in [0.1, 0.15) is 11.9 Å². The summed E-state index contributed by atoms with van der Waals surface area (Å²) in [5.74, 6) is 1.32. The number of ether oxygens (including phenoxy) is 1. The quantitative estimate of drug-likeness (QED) is 0.688. The standard InChI is InChI=1S/C20H28Cl2N2O3/c1-2-20(25)27-24-11-5-15(6-12-24)14-23-9-7-16(8-10-23)26-17-3-4-18(21)19(22)13-17/h3-4,13,15-16H,2,5-12,14H2,1H3. The zero-order valence-corrected chi connectivity index (χ0v) is 17.3. The van der Waals surface area contributed by atoms with Crippen molar-refractivity contribution in [1.29, 1.82) is 0 Å². The Morgan fingerprint density at radius 3 is 2.41 bits per heavy atom. The zero-order valence-electron chi connectivity index (χ0n) is 15.8. The SMILES string of the molecule is CCC(=O)ON1CCC(CN2CCC(Oc3ccc(Cl)c(Cl)c3)CC2)CC1. The first-order chi connectivity index (χ1) is 13.0. The molecule has 2 heterocycles. The molecule has 27 heavy (non-hydrogen) atoms. The fraction of sp³-hybridized carbons (Fsp3) is 0.650. The molecule has 0 saturated carbocycles. The second-order valence-electron chi connectivity index (χ2n) is 7.38. The molecule has 7 heteroatoms. The Morgan fingerprint density at radius 2 is 1.78 bits per heavy atom. The molecule has 5 nitrogen and oxygen atoms in total. The molecule has 0 atom stereocenters. The Hall–Kier alpha value is -1.01. The van der Waals surface area contributed by atoms with Crippen LogP contribution in [0.5, 0.6) is 5.75 Å².